The molecule has 0 aliphatic heterocycles. The molecule has 1 aromatic carbocycles. The van der Waals surface area contributed by atoms with Crippen LogP contribution >= 0.6 is 11.6 Å². The lowest BCUT2D eigenvalue weighted by Gasteiger charge is -2.18. The van der Waals surface area contributed by atoms with Crippen molar-refractivity contribution < 1.29 is 24.2 Å². The molecule has 0 spiro atoms. The van der Waals surface area contributed by atoms with Crippen molar-refractivity contribution in [2.45, 2.75) is 6.54 Å². The number of hydrogen-bond acceptors (Lipinski definition) is 3. The van der Waals surface area contributed by atoms with E-state index in [4.69, 9.17) is 21.8 Å². The Balaban J connectivity index is 2.80. The van der Waals surface area contributed by atoms with Crippen LogP contribution in [-0.4, -0.2) is 40.1 Å². The van der Waals surface area contributed by atoms with Gasteiger partial charge in [-0.25, -0.2) is 4.39 Å². The van der Waals surface area contributed by atoms with Crippen LogP contribution in [0.25, 0.3) is 0 Å². The lowest BCUT2D eigenvalue weighted by Crippen LogP contribution is -2.34. The Kier molecular flexibility index (Phi) is 5.06. The molecule has 0 aliphatic carbocycles. The molecule has 0 saturated heterocycles. The number of nitrogens with zero attached hydrogens (tertiary/aromatic N) is 1. The van der Waals surface area contributed by atoms with E-state index in [9.17, 15) is 14.0 Å². The third-order valence-corrected chi connectivity index (χ3v) is 2.26. The molecule has 5 nitrogen and oxygen atoms in total. The maximum absolute atomic E-state index is 13.1. The summed E-state index contributed by atoms with van der Waals surface area (Å²) >= 11 is 5.65. The normalized spacial score (nSPS) is 10.6. The van der Waals surface area contributed by atoms with E-state index in [0.29, 0.717) is 5.56 Å². The van der Waals surface area contributed by atoms with Crippen molar-refractivity contribution in [2.75, 3.05) is 13.1 Å². The van der Waals surface area contributed by atoms with Gasteiger partial charge >= 0.3 is 11.9 Å². The van der Waals surface area contributed by atoms with Crippen molar-refractivity contribution in [3.05, 3.63) is 34.6 Å². The van der Waals surface area contributed by atoms with Gasteiger partial charge in [-0.1, -0.05) is 11.6 Å². The molecule has 0 saturated carbocycles. The first-order valence-corrected chi connectivity index (χ1v) is 5.35. The maximum atomic E-state index is 13.1. The van der Waals surface area contributed by atoms with Gasteiger partial charge in [0.2, 0.25) is 0 Å². The highest BCUT2D eigenvalue weighted by Crippen LogP contribution is 2.15. The van der Waals surface area contributed by atoms with E-state index in [1.54, 1.807) is 0 Å². The summed E-state index contributed by atoms with van der Waals surface area (Å²) in [6, 6.07) is 3.76. The summed E-state index contributed by atoms with van der Waals surface area (Å²) in [7, 11) is 0. The van der Waals surface area contributed by atoms with Crippen LogP contribution < -0.4 is 0 Å². The minimum atomic E-state index is -1.15. The van der Waals surface area contributed by atoms with Gasteiger partial charge in [-0.15, -0.1) is 0 Å². The molecule has 0 heterocycles. The van der Waals surface area contributed by atoms with E-state index in [-0.39, 0.29) is 11.6 Å². The van der Waals surface area contributed by atoms with Crippen molar-refractivity contribution in [3.63, 3.8) is 0 Å². The number of carboxylic acid groups (broad SMARTS) is 2. The van der Waals surface area contributed by atoms with Crippen molar-refractivity contribution >= 4 is 23.5 Å². The van der Waals surface area contributed by atoms with E-state index in [1.165, 1.54) is 12.1 Å². The van der Waals surface area contributed by atoms with E-state index in [2.05, 4.69) is 0 Å². The van der Waals surface area contributed by atoms with Gasteiger partial charge in [0.1, 0.15) is 5.82 Å². The van der Waals surface area contributed by atoms with Crippen molar-refractivity contribution in [1.29, 1.82) is 0 Å². The molecule has 7 heteroatoms. The zero-order chi connectivity index (χ0) is 13.7. The van der Waals surface area contributed by atoms with Gasteiger partial charge in [0.25, 0.3) is 0 Å². The molecule has 1 aromatic rings. The van der Waals surface area contributed by atoms with Crippen LogP contribution in [0.3, 0.4) is 0 Å². The average Bonchev–Trinajstić information content (AvgIpc) is 2.12. The third-order valence-electron chi connectivity index (χ3n) is 2.05. The molecular formula is C11H11ClFNO4. The number of halogens is 2. The van der Waals surface area contributed by atoms with E-state index < -0.39 is 30.8 Å². The molecular weight excluding hydrogens is 265 g/mol. The Hall–Kier alpha value is -1.66. The lowest BCUT2D eigenvalue weighted by molar-refractivity contribution is -0.142. The number of carboxylic acids is 2. The number of hydrogen-bond donors (Lipinski definition) is 2. The van der Waals surface area contributed by atoms with Crippen LogP contribution in [0, 0.1) is 5.82 Å². The summed E-state index contributed by atoms with van der Waals surface area (Å²) in [6.07, 6.45) is 0. The second kappa shape index (κ2) is 6.32. The molecule has 2 N–H and O–H groups in total. The second-order valence-electron chi connectivity index (χ2n) is 3.71. The summed E-state index contributed by atoms with van der Waals surface area (Å²) in [4.78, 5) is 22.3. The molecule has 0 atom stereocenters. The zero-order valence-electron chi connectivity index (χ0n) is 9.27. The summed E-state index contributed by atoms with van der Waals surface area (Å²) in [5.74, 6) is -2.86. The van der Waals surface area contributed by atoms with Crippen LogP contribution in [0.1, 0.15) is 5.56 Å². The fourth-order valence-corrected chi connectivity index (χ4v) is 1.76. The molecule has 0 aliphatic rings. The van der Waals surface area contributed by atoms with Gasteiger partial charge in [0.15, 0.2) is 0 Å². The van der Waals surface area contributed by atoms with Crippen molar-refractivity contribution in [2.24, 2.45) is 0 Å². The first kappa shape index (κ1) is 14.4. The molecule has 0 fully saturated rings. The smallest absolute Gasteiger partial charge is 0.317 e. The van der Waals surface area contributed by atoms with Crippen LogP contribution in [0.2, 0.25) is 5.02 Å². The topological polar surface area (TPSA) is 77.8 Å². The summed E-state index contributed by atoms with van der Waals surface area (Å²) in [5.41, 5.74) is 0.419. The Morgan fingerprint density at radius 1 is 1.17 bits per heavy atom. The summed E-state index contributed by atoms with van der Waals surface area (Å²) in [6.45, 7) is -0.892. The predicted molar refractivity (Wildman–Crippen MR) is 62.0 cm³/mol. The minimum absolute atomic E-state index is 0.00389. The van der Waals surface area contributed by atoms with Crippen molar-refractivity contribution in [1.82, 2.24) is 4.90 Å². The fourth-order valence-electron chi connectivity index (χ4n) is 1.51. The van der Waals surface area contributed by atoms with Crippen LogP contribution in [0.5, 0.6) is 0 Å². The molecule has 0 aromatic heterocycles. The molecule has 0 amide bonds. The third kappa shape index (κ3) is 5.11. The first-order chi connectivity index (χ1) is 8.36. The highest BCUT2D eigenvalue weighted by Gasteiger charge is 2.14. The zero-order valence-corrected chi connectivity index (χ0v) is 10.0. The number of rotatable bonds is 6. The SMILES string of the molecule is O=C(O)CN(CC(=O)O)Cc1cc(F)cc(Cl)c1. The molecule has 98 valence electrons. The highest BCUT2D eigenvalue weighted by atomic mass is 35.5. The first-order valence-electron chi connectivity index (χ1n) is 4.97. The van der Waals surface area contributed by atoms with Gasteiger partial charge in [-0.05, 0) is 23.8 Å². The van der Waals surface area contributed by atoms with Gasteiger partial charge in [0.05, 0.1) is 13.1 Å². The Bertz CT molecular complexity index is 430. The van der Waals surface area contributed by atoms with E-state index >= 15 is 0 Å². The molecule has 1 rings (SSSR count). The monoisotopic (exact) mass is 275 g/mol. The summed E-state index contributed by atoms with van der Waals surface area (Å²) in [5, 5.41) is 17.5. The van der Waals surface area contributed by atoms with Gasteiger partial charge < -0.3 is 10.2 Å². The van der Waals surface area contributed by atoms with Gasteiger partial charge in [-0.2, -0.15) is 0 Å². The standard InChI is InChI=1S/C11H11ClFNO4/c12-8-1-7(2-9(13)3-8)4-14(5-10(15)16)6-11(17)18/h1-3H,4-6H2,(H,15,16)(H,17,18). The van der Waals surface area contributed by atoms with Crippen LogP contribution in [-0.2, 0) is 16.1 Å². The largest absolute Gasteiger partial charge is 0.480 e. The fraction of sp³-hybridized carbons (Fsp3) is 0.273. The predicted octanol–water partition coefficient (Wildman–Crippen LogP) is 1.45. The Morgan fingerprint density at radius 2 is 1.72 bits per heavy atom. The van der Waals surface area contributed by atoms with Crippen LogP contribution in [0.4, 0.5) is 4.39 Å². The quantitative estimate of drug-likeness (QED) is 0.822. The number of benzene rings is 1. The molecule has 0 bridgehead atoms. The molecule has 18 heavy (non-hydrogen) atoms. The Morgan fingerprint density at radius 3 is 2.17 bits per heavy atom. The molecule has 0 radical (unpaired) electrons. The lowest BCUT2D eigenvalue weighted by atomic mass is 10.2. The maximum Gasteiger partial charge on any atom is 0.317 e. The van der Waals surface area contributed by atoms with E-state index in [0.717, 1.165) is 11.0 Å². The number of carbonyl (C=O) groups is 2. The number of aliphatic carboxylic acids is 2. The summed E-state index contributed by atoms with van der Waals surface area (Å²) < 4.78 is 13.1. The minimum Gasteiger partial charge on any atom is -0.480 e. The highest BCUT2D eigenvalue weighted by molar-refractivity contribution is 6.30. The molecule has 0 unspecified atom stereocenters. The van der Waals surface area contributed by atoms with E-state index in [1.807, 2.05) is 0 Å². The van der Waals surface area contributed by atoms with Crippen molar-refractivity contribution in [3.8, 4) is 0 Å². The van der Waals surface area contributed by atoms with Crippen LogP contribution in [0.15, 0.2) is 18.2 Å². The van der Waals surface area contributed by atoms with Gasteiger partial charge in [-0.3, -0.25) is 14.5 Å². The Labute approximate surface area is 107 Å². The average molecular weight is 276 g/mol. The second-order valence-corrected chi connectivity index (χ2v) is 4.15. The van der Waals surface area contributed by atoms with Gasteiger partial charge in [0, 0.05) is 11.6 Å².